The fourth-order valence-electron chi connectivity index (χ4n) is 2.67. The molecule has 1 aliphatic heterocycles. The van der Waals surface area contributed by atoms with Crippen molar-refractivity contribution < 1.29 is 13.6 Å². The lowest BCUT2D eigenvalue weighted by Crippen LogP contribution is -2.40. The van der Waals surface area contributed by atoms with Crippen LogP contribution in [0.4, 0.5) is 5.95 Å². The minimum absolute atomic E-state index is 0.0483. The van der Waals surface area contributed by atoms with E-state index in [-0.39, 0.29) is 22.6 Å². The lowest BCUT2D eigenvalue weighted by atomic mass is 10.0. The van der Waals surface area contributed by atoms with Crippen LogP contribution in [0.1, 0.15) is 27.0 Å². The van der Waals surface area contributed by atoms with Crippen LogP contribution in [0.3, 0.4) is 0 Å². The fraction of sp³-hybridized carbons (Fsp3) is 0.438. The summed E-state index contributed by atoms with van der Waals surface area (Å²) in [6.07, 6.45) is 0. The van der Waals surface area contributed by atoms with E-state index in [0.29, 0.717) is 37.4 Å². The number of ether oxygens (including phenoxy) is 1. The molecule has 2 aromatic rings. The Morgan fingerprint density at radius 2 is 2.09 bits per heavy atom. The number of ketones is 1. The molecule has 1 fully saturated rings. The van der Waals surface area contributed by atoms with Gasteiger partial charge in [0.15, 0.2) is 5.78 Å². The highest BCUT2D eigenvalue weighted by Crippen LogP contribution is 2.21. The van der Waals surface area contributed by atoms with Crippen LogP contribution in [0, 0.1) is 6.92 Å². The van der Waals surface area contributed by atoms with Crippen molar-refractivity contribution in [3.63, 3.8) is 0 Å². The molecule has 6 heteroatoms. The van der Waals surface area contributed by atoms with E-state index in [0.717, 1.165) is 4.57 Å². The number of aryl methyl sites for hydroxylation is 1. The maximum Gasteiger partial charge on any atom is 0.262 e. The summed E-state index contributed by atoms with van der Waals surface area (Å²) in [5.41, 5.74) is 0.592. The second kappa shape index (κ2) is 5.53. The summed E-state index contributed by atoms with van der Waals surface area (Å²) in [7, 11) is 0. The highest BCUT2D eigenvalue weighted by atomic mass is 16.5. The average molecular weight is 304 g/mol. The van der Waals surface area contributed by atoms with Crippen LogP contribution < -0.4 is 10.5 Å². The minimum Gasteiger partial charge on any atom is -0.378 e. The molecule has 0 bridgehead atoms. The van der Waals surface area contributed by atoms with Crippen molar-refractivity contribution in [2.45, 2.75) is 13.8 Å². The van der Waals surface area contributed by atoms with Gasteiger partial charge in [0.25, 0.3) is 5.56 Å². The maximum absolute atomic E-state index is 13.0. The summed E-state index contributed by atoms with van der Waals surface area (Å²) in [4.78, 5) is 31.1. The van der Waals surface area contributed by atoms with Crippen molar-refractivity contribution in [2.24, 2.45) is 6.98 Å². The number of morpholine rings is 1. The number of fused-ring (bicyclic) bond motifs is 1. The molecule has 2 heterocycles. The number of rotatable bonds is 2. The van der Waals surface area contributed by atoms with Gasteiger partial charge in [-0.15, -0.1) is 0 Å². The van der Waals surface area contributed by atoms with Crippen LogP contribution in [-0.2, 0) is 11.7 Å². The maximum atomic E-state index is 13.0. The molecule has 0 aliphatic carbocycles. The number of hydrogen-bond acceptors (Lipinski definition) is 5. The van der Waals surface area contributed by atoms with Gasteiger partial charge >= 0.3 is 0 Å². The standard InChI is InChI=1S/C16H19N3O3/c1-10-8-12(11(2)20)14-13(9-10)15(21)18(3)16(17-14)19-4-6-22-7-5-19/h8-9H,4-7H2,1-3H3/i3D3. The third-order valence-electron chi connectivity index (χ3n) is 3.77. The Kier molecular flexibility index (Phi) is 2.86. The van der Waals surface area contributed by atoms with Gasteiger partial charge in [-0.2, -0.15) is 0 Å². The van der Waals surface area contributed by atoms with Crippen LogP contribution in [0.25, 0.3) is 10.9 Å². The van der Waals surface area contributed by atoms with E-state index < -0.39 is 12.5 Å². The van der Waals surface area contributed by atoms with Crippen molar-refractivity contribution in [3.8, 4) is 0 Å². The summed E-state index contributed by atoms with van der Waals surface area (Å²) >= 11 is 0. The molecule has 1 aliphatic rings. The Hall–Kier alpha value is -2.21. The first-order valence-corrected chi connectivity index (χ1v) is 7.11. The quantitative estimate of drug-likeness (QED) is 0.782. The molecule has 0 N–H and O–H groups in total. The average Bonchev–Trinajstić information content (AvgIpc) is 2.54. The molecule has 0 saturated carbocycles. The molecule has 116 valence electrons. The van der Waals surface area contributed by atoms with Crippen molar-refractivity contribution in [1.82, 2.24) is 9.55 Å². The molecular formula is C16H19N3O3. The van der Waals surface area contributed by atoms with Gasteiger partial charge in [0.1, 0.15) is 0 Å². The van der Waals surface area contributed by atoms with Gasteiger partial charge in [0.2, 0.25) is 5.95 Å². The minimum atomic E-state index is -2.67. The Morgan fingerprint density at radius 3 is 2.73 bits per heavy atom. The van der Waals surface area contributed by atoms with Crippen molar-refractivity contribution >= 4 is 22.6 Å². The van der Waals surface area contributed by atoms with E-state index in [9.17, 15) is 9.59 Å². The zero-order valence-electron chi connectivity index (χ0n) is 15.5. The Labute approximate surface area is 132 Å². The fourth-order valence-corrected chi connectivity index (χ4v) is 2.67. The molecule has 3 rings (SSSR count). The van der Waals surface area contributed by atoms with Gasteiger partial charge in [0.05, 0.1) is 24.1 Å². The number of aromatic nitrogens is 2. The summed E-state index contributed by atoms with van der Waals surface area (Å²) in [6.45, 7) is 2.17. The van der Waals surface area contributed by atoms with E-state index in [4.69, 9.17) is 8.85 Å². The lowest BCUT2D eigenvalue weighted by molar-refractivity contribution is 0.101. The van der Waals surface area contributed by atoms with Gasteiger partial charge in [-0.25, -0.2) is 4.98 Å². The van der Waals surface area contributed by atoms with Gasteiger partial charge < -0.3 is 9.64 Å². The smallest absolute Gasteiger partial charge is 0.262 e. The normalized spacial score (nSPS) is 17.9. The topological polar surface area (TPSA) is 64.4 Å². The second-order valence-electron chi connectivity index (χ2n) is 5.42. The van der Waals surface area contributed by atoms with Gasteiger partial charge in [-0.05, 0) is 31.5 Å². The second-order valence-corrected chi connectivity index (χ2v) is 5.42. The van der Waals surface area contributed by atoms with Gasteiger partial charge in [-0.3, -0.25) is 14.2 Å². The van der Waals surface area contributed by atoms with Gasteiger partial charge in [0, 0.05) is 29.7 Å². The molecule has 0 unspecified atom stereocenters. The van der Waals surface area contributed by atoms with Crippen LogP contribution >= 0.6 is 0 Å². The van der Waals surface area contributed by atoms with Crippen molar-refractivity contribution in [3.05, 3.63) is 33.6 Å². The highest BCUT2D eigenvalue weighted by molar-refractivity contribution is 6.05. The van der Waals surface area contributed by atoms with Crippen LogP contribution in [0.15, 0.2) is 16.9 Å². The molecule has 6 nitrogen and oxygen atoms in total. The molecule has 0 radical (unpaired) electrons. The molecule has 0 atom stereocenters. The molecule has 0 amide bonds. The summed E-state index contributed by atoms with van der Waals surface area (Å²) in [5.74, 6) is -0.174. The number of nitrogens with zero attached hydrogens (tertiary/aromatic N) is 3. The van der Waals surface area contributed by atoms with Crippen molar-refractivity contribution in [2.75, 3.05) is 31.2 Å². The zero-order valence-corrected chi connectivity index (χ0v) is 12.5. The largest absolute Gasteiger partial charge is 0.378 e. The van der Waals surface area contributed by atoms with Gasteiger partial charge in [-0.1, -0.05) is 0 Å². The molecule has 1 saturated heterocycles. The summed E-state index contributed by atoms with van der Waals surface area (Å²) < 4.78 is 29.3. The number of anilines is 1. The monoisotopic (exact) mass is 304 g/mol. The third-order valence-corrected chi connectivity index (χ3v) is 3.77. The number of hydrogen-bond donors (Lipinski definition) is 0. The third kappa shape index (κ3) is 2.39. The first-order chi connectivity index (χ1) is 11.7. The molecule has 0 spiro atoms. The van der Waals surface area contributed by atoms with E-state index in [1.54, 1.807) is 24.0 Å². The molecule has 1 aromatic carbocycles. The molecular weight excluding hydrogens is 282 g/mol. The SMILES string of the molecule is [2H]C([2H])([2H])n1c(N2CCOCC2)nc2c(C(C)=O)cc(C)cc2c1=O. The van der Waals surface area contributed by atoms with E-state index >= 15 is 0 Å². The number of carbonyl (C=O) groups excluding carboxylic acids is 1. The summed E-state index contributed by atoms with van der Waals surface area (Å²) in [5, 5.41) is 0.137. The van der Waals surface area contributed by atoms with E-state index in [1.165, 1.54) is 6.92 Å². The van der Waals surface area contributed by atoms with Crippen molar-refractivity contribution in [1.29, 1.82) is 0 Å². The Balaban J connectivity index is 2.40. The number of Topliss-reactive ketones (excluding diaryl/α,β-unsaturated/α-hetero) is 1. The van der Waals surface area contributed by atoms with Crippen LogP contribution in [0.2, 0.25) is 0 Å². The predicted molar refractivity (Wildman–Crippen MR) is 84.8 cm³/mol. The molecule has 22 heavy (non-hydrogen) atoms. The number of benzene rings is 1. The van der Waals surface area contributed by atoms with Crippen LogP contribution in [-0.4, -0.2) is 41.6 Å². The first-order valence-electron chi connectivity index (χ1n) is 8.61. The highest BCUT2D eigenvalue weighted by Gasteiger charge is 2.20. The first kappa shape index (κ1) is 11.4. The van der Waals surface area contributed by atoms with E-state index in [2.05, 4.69) is 4.98 Å². The zero-order chi connectivity index (χ0) is 18.4. The Morgan fingerprint density at radius 1 is 1.36 bits per heavy atom. The van der Waals surface area contributed by atoms with Crippen LogP contribution in [0.5, 0.6) is 0 Å². The lowest BCUT2D eigenvalue weighted by Gasteiger charge is -2.29. The van der Waals surface area contributed by atoms with E-state index in [1.807, 2.05) is 0 Å². The molecule has 1 aromatic heterocycles. The number of carbonyl (C=O) groups is 1. The predicted octanol–water partition coefficient (Wildman–Crippen LogP) is 1.28. The summed E-state index contributed by atoms with van der Waals surface area (Å²) in [6, 6.07) is 3.24. The Bertz CT molecular complexity index is 899.